The Bertz CT molecular complexity index is 516. The van der Waals surface area contributed by atoms with Crippen LogP contribution in [0, 0.1) is 0 Å². The molecule has 2 aromatic rings. The summed E-state index contributed by atoms with van der Waals surface area (Å²) in [5.74, 6) is 1.96. The number of benzene rings is 1. The van der Waals surface area contributed by atoms with Crippen LogP contribution < -0.4 is 4.74 Å². The minimum Gasteiger partial charge on any atom is -0.439 e. The second kappa shape index (κ2) is 5.47. The molecule has 0 bridgehead atoms. The molecule has 17 heavy (non-hydrogen) atoms. The fourth-order valence-electron chi connectivity index (χ4n) is 1.28. The summed E-state index contributed by atoms with van der Waals surface area (Å²) in [6.45, 7) is 1.99. The molecule has 0 aliphatic rings. The first-order valence-electron chi connectivity index (χ1n) is 5.14. The topological polar surface area (TPSA) is 35.0 Å². The van der Waals surface area contributed by atoms with Crippen LogP contribution in [0.2, 0.25) is 5.02 Å². The third kappa shape index (κ3) is 3.41. The molecule has 0 saturated carbocycles. The van der Waals surface area contributed by atoms with Crippen LogP contribution in [0.1, 0.15) is 12.7 Å². The lowest BCUT2D eigenvalue weighted by molar-refractivity contribution is 0.458. The fourth-order valence-corrected chi connectivity index (χ4v) is 1.80. The van der Waals surface area contributed by atoms with E-state index in [4.69, 9.17) is 16.3 Å². The third-order valence-corrected chi connectivity index (χ3v) is 2.73. The number of ether oxygens (including phenoxy) is 1. The maximum absolute atomic E-state index is 5.80. The minimum absolute atomic E-state index is 0.519. The highest BCUT2D eigenvalue weighted by atomic mass is 79.9. The van der Waals surface area contributed by atoms with E-state index in [1.165, 1.54) is 0 Å². The van der Waals surface area contributed by atoms with Gasteiger partial charge >= 0.3 is 0 Å². The molecule has 0 N–H and O–H groups in total. The molecule has 5 heteroatoms. The Hall–Kier alpha value is -1.13. The molecule has 1 heterocycles. The van der Waals surface area contributed by atoms with Crippen LogP contribution in [0.4, 0.5) is 0 Å². The summed E-state index contributed by atoms with van der Waals surface area (Å²) in [6.07, 6.45) is 0.760. The Balaban J connectivity index is 2.23. The van der Waals surface area contributed by atoms with Gasteiger partial charge in [0.15, 0.2) is 0 Å². The van der Waals surface area contributed by atoms with Gasteiger partial charge in [-0.1, -0.05) is 18.5 Å². The van der Waals surface area contributed by atoms with Crippen molar-refractivity contribution in [3.63, 3.8) is 0 Å². The van der Waals surface area contributed by atoms with Gasteiger partial charge in [-0.3, -0.25) is 0 Å². The smallest absolute Gasteiger partial charge is 0.223 e. The van der Waals surface area contributed by atoms with Gasteiger partial charge in [-0.05, 0) is 40.2 Å². The molecule has 2 rings (SSSR count). The van der Waals surface area contributed by atoms with E-state index >= 15 is 0 Å². The number of nitrogens with zero attached hydrogens (tertiary/aromatic N) is 2. The van der Waals surface area contributed by atoms with Crippen LogP contribution in [0.3, 0.4) is 0 Å². The summed E-state index contributed by atoms with van der Waals surface area (Å²) in [5.41, 5.74) is 0. The van der Waals surface area contributed by atoms with Crippen molar-refractivity contribution in [3.05, 3.63) is 45.8 Å². The normalized spacial score (nSPS) is 10.3. The Kier molecular flexibility index (Phi) is 3.97. The van der Waals surface area contributed by atoms with Gasteiger partial charge < -0.3 is 4.74 Å². The molecule has 1 aromatic carbocycles. The zero-order chi connectivity index (χ0) is 12.3. The first-order chi connectivity index (χ1) is 8.17. The van der Waals surface area contributed by atoms with Gasteiger partial charge in [-0.15, -0.1) is 0 Å². The number of hydrogen-bond donors (Lipinski definition) is 0. The van der Waals surface area contributed by atoms with Crippen molar-refractivity contribution in [2.75, 3.05) is 0 Å². The maximum Gasteiger partial charge on any atom is 0.223 e. The van der Waals surface area contributed by atoms with Crippen LogP contribution >= 0.6 is 27.5 Å². The van der Waals surface area contributed by atoms with E-state index in [9.17, 15) is 0 Å². The zero-order valence-corrected chi connectivity index (χ0v) is 11.5. The molecule has 0 unspecified atom stereocenters. The van der Waals surface area contributed by atoms with Crippen molar-refractivity contribution in [3.8, 4) is 11.6 Å². The molecule has 88 valence electrons. The molecule has 3 nitrogen and oxygen atoms in total. The standard InChI is InChI=1S/C12H10BrClN2O/c1-2-11-15-10(13)7-12(16-11)17-9-5-3-8(14)4-6-9/h3-7H,2H2,1H3. The van der Waals surface area contributed by atoms with Gasteiger partial charge in [-0.25, -0.2) is 4.98 Å². The second-order valence-corrected chi connectivity index (χ2v) is 4.60. The maximum atomic E-state index is 5.80. The van der Waals surface area contributed by atoms with E-state index in [1.807, 2.05) is 6.92 Å². The van der Waals surface area contributed by atoms with E-state index in [0.717, 1.165) is 12.2 Å². The van der Waals surface area contributed by atoms with E-state index in [0.29, 0.717) is 21.3 Å². The third-order valence-electron chi connectivity index (χ3n) is 2.07. The fraction of sp³-hybridized carbons (Fsp3) is 0.167. The average Bonchev–Trinajstić information content (AvgIpc) is 2.31. The quantitative estimate of drug-likeness (QED) is 0.795. The highest BCUT2D eigenvalue weighted by Crippen LogP contribution is 2.23. The monoisotopic (exact) mass is 312 g/mol. The van der Waals surface area contributed by atoms with Gasteiger partial charge in [0, 0.05) is 17.5 Å². The van der Waals surface area contributed by atoms with Crippen molar-refractivity contribution in [2.24, 2.45) is 0 Å². The first-order valence-corrected chi connectivity index (χ1v) is 6.31. The highest BCUT2D eigenvalue weighted by molar-refractivity contribution is 9.10. The summed E-state index contributed by atoms with van der Waals surface area (Å²) in [7, 11) is 0. The van der Waals surface area contributed by atoms with Crippen molar-refractivity contribution >= 4 is 27.5 Å². The summed E-state index contributed by atoms with van der Waals surface area (Å²) >= 11 is 9.13. The van der Waals surface area contributed by atoms with Crippen molar-refractivity contribution in [1.82, 2.24) is 9.97 Å². The number of aryl methyl sites for hydroxylation is 1. The SMILES string of the molecule is CCc1nc(Br)cc(Oc2ccc(Cl)cc2)n1. The molecule has 0 amide bonds. The lowest BCUT2D eigenvalue weighted by Crippen LogP contribution is -1.96. The molecule has 0 saturated heterocycles. The van der Waals surface area contributed by atoms with E-state index < -0.39 is 0 Å². The molecule has 1 aromatic heterocycles. The number of rotatable bonds is 3. The van der Waals surface area contributed by atoms with Crippen LogP contribution in [-0.2, 0) is 6.42 Å². The number of aromatic nitrogens is 2. The molecule has 0 radical (unpaired) electrons. The van der Waals surface area contributed by atoms with Crippen molar-refractivity contribution in [2.45, 2.75) is 13.3 Å². The Morgan fingerprint density at radius 3 is 2.59 bits per heavy atom. The zero-order valence-electron chi connectivity index (χ0n) is 9.15. The Morgan fingerprint density at radius 1 is 1.24 bits per heavy atom. The minimum atomic E-state index is 0.519. The van der Waals surface area contributed by atoms with E-state index in [1.54, 1.807) is 30.3 Å². The first kappa shape index (κ1) is 12.3. The number of hydrogen-bond acceptors (Lipinski definition) is 3. The van der Waals surface area contributed by atoms with Crippen LogP contribution in [0.5, 0.6) is 11.6 Å². The molecule has 0 aliphatic carbocycles. The lowest BCUT2D eigenvalue weighted by Gasteiger charge is -2.06. The molecule has 0 fully saturated rings. The lowest BCUT2D eigenvalue weighted by atomic mass is 10.3. The highest BCUT2D eigenvalue weighted by Gasteiger charge is 2.04. The van der Waals surface area contributed by atoms with E-state index in [2.05, 4.69) is 25.9 Å². The Morgan fingerprint density at radius 2 is 1.94 bits per heavy atom. The average molecular weight is 314 g/mol. The molecule has 0 spiro atoms. The summed E-state index contributed by atoms with van der Waals surface area (Å²) < 4.78 is 6.33. The summed E-state index contributed by atoms with van der Waals surface area (Å²) in [4.78, 5) is 8.49. The Labute approximate surface area is 113 Å². The van der Waals surface area contributed by atoms with Gasteiger partial charge in [0.25, 0.3) is 0 Å². The van der Waals surface area contributed by atoms with Crippen LogP contribution in [0.25, 0.3) is 0 Å². The molecular weight excluding hydrogens is 304 g/mol. The largest absolute Gasteiger partial charge is 0.439 e. The van der Waals surface area contributed by atoms with Gasteiger partial charge in [0.2, 0.25) is 5.88 Å². The van der Waals surface area contributed by atoms with Crippen molar-refractivity contribution < 1.29 is 4.74 Å². The molecular formula is C12H10BrClN2O. The summed E-state index contributed by atoms with van der Waals surface area (Å²) in [6, 6.07) is 8.86. The van der Waals surface area contributed by atoms with Crippen LogP contribution in [-0.4, -0.2) is 9.97 Å². The van der Waals surface area contributed by atoms with Gasteiger partial charge in [0.05, 0.1) is 0 Å². The van der Waals surface area contributed by atoms with E-state index in [-0.39, 0.29) is 0 Å². The predicted molar refractivity (Wildman–Crippen MR) is 70.6 cm³/mol. The number of halogens is 2. The molecule has 0 atom stereocenters. The van der Waals surface area contributed by atoms with Gasteiger partial charge in [0.1, 0.15) is 16.2 Å². The van der Waals surface area contributed by atoms with Crippen molar-refractivity contribution in [1.29, 1.82) is 0 Å². The second-order valence-electron chi connectivity index (χ2n) is 3.35. The summed E-state index contributed by atoms with van der Waals surface area (Å²) in [5, 5.41) is 0.676. The van der Waals surface area contributed by atoms with Crippen LogP contribution in [0.15, 0.2) is 34.9 Å². The van der Waals surface area contributed by atoms with Gasteiger partial charge in [-0.2, -0.15) is 4.98 Å². The molecule has 0 aliphatic heterocycles. The predicted octanol–water partition coefficient (Wildman–Crippen LogP) is 4.25.